The molecule has 1 saturated heterocycles. The summed E-state index contributed by atoms with van der Waals surface area (Å²) in [6.07, 6.45) is 0.841. The number of carbonyl (C=O) groups excluding carboxylic acids is 1. The Balaban J connectivity index is 1.32. The van der Waals surface area contributed by atoms with E-state index in [1.54, 1.807) is 41.7 Å². The predicted molar refractivity (Wildman–Crippen MR) is 148 cm³/mol. The summed E-state index contributed by atoms with van der Waals surface area (Å²) in [6.45, 7) is 1.88. The SMILES string of the molecule is O=C(C(CNS(=O)(=O)c1ccc2cc(Cl)ccc2c1)NCc1nc2c(s1)CNCC2)N1CCS(=O)(=O)CC1. The van der Waals surface area contributed by atoms with E-state index < -0.39 is 25.9 Å². The van der Waals surface area contributed by atoms with Crippen molar-refractivity contribution in [3.05, 3.63) is 57.0 Å². The Hall–Kier alpha value is -2.13. The minimum atomic E-state index is -3.94. The maximum absolute atomic E-state index is 13.4. The molecule has 10 nitrogen and oxygen atoms in total. The van der Waals surface area contributed by atoms with Crippen molar-refractivity contribution in [3.8, 4) is 0 Å². The lowest BCUT2D eigenvalue weighted by atomic mass is 10.1. The molecule has 204 valence electrons. The lowest BCUT2D eigenvalue weighted by molar-refractivity contribution is -0.133. The zero-order chi connectivity index (χ0) is 26.9. The van der Waals surface area contributed by atoms with E-state index in [9.17, 15) is 21.6 Å². The highest BCUT2D eigenvalue weighted by molar-refractivity contribution is 7.91. The third kappa shape index (κ3) is 6.36. The number of sulfonamides is 1. The maximum atomic E-state index is 13.4. The van der Waals surface area contributed by atoms with Crippen LogP contribution in [0.4, 0.5) is 0 Å². The van der Waals surface area contributed by atoms with Gasteiger partial charge in [0, 0.05) is 55.6 Å². The van der Waals surface area contributed by atoms with Crippen LogP contribution < -0.4 is 15.4 Å². The molecule has 38 heavy (non-hydrogen) atoms. The molecule has 3 heterocycles. The highest BCUT2D eigenvalue weighted by Gasteiger charge is 2.31. The fraction of sp³-hybridized carbons (Fsp3) is 0.417. The van der Waals surface area contributed by atoms with Gasteiger partial charge in [0.05, 0.1) is 22.1 Å². The number of halogens is 1. The van der Waals surface area contributed by atoms with Gasteiger partial charge in [0.15, 0.2) is 9.84 Å². The van der Waals surface area contributed by atoms with Gasteiger partial charge in [-0.05, 0) is 35.0 Å². The number of aromatic nitrogens is 1. The molecule has 3 N–H and O–H groups in total. The number of benzene rings is 2. The van der Waals surface area contributed by atoms with E-state index in [-0.39, 0.29) is 41.9 Å². The fourth-order valence-electron chi connectivity index (χ4n) is 4.50. The molecular weight excluding hydrogens is 570 g/mol. The molecule has 1 unspecified atom stereocenters. The van der Waals surface area contributed by atoms with Gasteiger partial charge in [0.2, 0.25) is 15.9 Å². The van der Waals surface area contributed by atoms with E-state index >= 15 is 0 Å². The first-order valence-corrected chi connectivity index (χ1v) is 16.7. The van der Waals surface area contributed by atoms with Crippen LogP contribution in [0.25, 0.3) is 10.8 Å². The quantitative estimate of drug-likeness (QED) is 0.353. The molecule has 0 aliphatic carbocycles. The van der Waals surface area contributed by atoms with Gasteiger partial charge in [-0.25, -0.2) is 26.5 Å². The summed E-state index contributed by atoms with van der Waals surface area (Å²) >= 11 is 7.59. The van der Waals surface area contributed by atoms with Crippen molar-refractivity contribution < 1.29 is 21.6 Å². The first kappa shape index (κ1) is 27.4. The van der Waals surface area contributed by atoms with Crippen LogP contribution in [-0.4, -0.2) is 76.4 Å². The Morgan fingerprint density at radius 1 is 1.16 bits per heavy atom. The summed E-state index contributed by atoms with van der Waals surface area (Å²) in [4.78, 5) is 20.8. The molecule has 1 amide bonds. The summed E-state index contributed by atoms with van der Waals surface area (Å²) in [6, 6.07) is 9.03. The van der Waals surface area contributed by atoms with E-state index in [1.165, 1.54) is 11.0 Å². The average molecular weight is 598 g/mol. The lowest BCUT2D eigenvalue weighted by Gasteiger charge is -2.30. The number of hydrogen-bond acceptors (Lipinski definition) is 9. The second-order valence-electron chi connectivity index (χ2n) is 9.32. The largest absolute Gasteiger partial charge is 0.339 e. The summed E-state index contributed by atoms with van der Waals surface area (Å²) < 4.78 is 52.6. The van der Waals surface area contributed by atoms with Gasteiger partial charge in [0.25, 0.3) is 0 Å². The number of nitrogens with zero attached hydrogens (tertiary/aromatic N) is 2. The van der Waals surface area contributed by atoms with Gasteiger partial charge in [-0.15, -0.1) is 11.3 Å². The van der Waals surface area contributed by atoms with Crippen LogP contribution in [0.5, 0.6) is 0 Å². The molecule has 1 fully saturated rings. The van der Waals surface area contributed by atoms with Gasteiger partial charge >= 0.3 is 0 Å². The zero-order valence-corrected chi connectivity index (χ0v) is 23.6. The Labute approximate surface area is 230 Å². The van der Waals surface area contributed by atoms with Crippen LogP contribution in [0.15, 0.2) is 41.3 Å². The molecule has 0 radical (unpaired) electrons. The number of sulfone groups is 1. The summed E-state index contributed by atoms with van der Waals surface area (Å²) in [5.41, 5.74) is 1.05. The summed E-state index contributed by atoms with van der Waals surface area (Å²) in [5.74, 6) is -0.562. The fourth-order valence-corrected chi connectivity index (χ4v) is 8.00. The van der Waals surface area contributed by atoms with Crippen molar-refractivity contribution in [3.63, 3.8) is 0 Å². The number of thiazole rings is 1. The van der Waals surface area contributed by atoms with Crippen molar-refractivity contribution in [1.82, 2.24) is 25.2 Å². The van der Waals surface area contributed by atoms with E-state index in [2.05, 4.69) is 20.3 Å². The number of hydrogen-bond donors (Lipinski definition) is 3. The van der Waals surface area contributed by atoms with Crippen LogP contribution in [-0.2, 0) is 44.2 Å². The Morgan fingerprint density at radius 2 is 1.89 bits per heavy atom. The standard InChI is InChI=1S/C24H28ClN5O5S3/c25-18-3-1-17-12-19(4-2-16(17)11-18)38(34,35)28-13-21(24(31)30-7-9-37(32,33)10-8-30)27-15-23-29-20-5-6-26-14-22(20)36-23/h1-4,11-12,21,26-28H,5-10,13-15H2. The summed E-state index contributed by atoms with van der Waals surface area (Å²) in [5, 5.41) is 9.38. The third-order valence-electron chi connectivity index (χ3n) is 6.66. The van der Waals surface area contributed by atoms with E-state index in [4.69, 9.17) is 11.6 Å². The maximum Gasteiger partial charge on any atom is 0.241 e. The molecule has 5 rings (SSSR count). The van der Waals surface area contributed by atoms with Crippen molar-refractivity contribution in [2.75, 3.05) is 37.7 Å². The lowest BCUT2D eigenvalue weighted by Crippen LogP contribution is -2.55. The van der Waals surface area contributed by atoms with Gasteiger partial charge in [-0.2, -0.15) is 0 Å². The molecule has 2 aliphatic heterocycles. The molecule has 2 aliphatic rings. The zero-order valence-electron chi connectivity index (χ0n) is 20.4. The Bertz CT molecular complexity index is 1540. The molecule has 1 aromatic heterocycles. The van der Waals surface area contributed by atoms with Crippen molar-refractivity contribution >= 4 is 59.5 Å². The summed E-state index contributed by atoms with van der Waals surface area (Å²) in [7, 11) is -7.11. The van der Waals surface area contributed by atoms with Gasteiger partial charge in [-0.3, -0.25) is 10.1 Å². The average Bonchev–Trinajstić information content (AvgIpc) is 3.31. The van der Waals surface area contributed by atoms with E-state index in [0.29, 0.717) is 11.6 Å². The number of amides is 1. The van der Waals surface area contributed by atoms with Gasteiger partial charge in [0.1, 0.15) is 11.0 Å². The molecule has 14 heteroatoms. The van der Waals surface area contributed by atoms with Crippen molar-refractivity contribution in [2.45, 2.75) is 30.4 Å². The monoisotopic (exact) mass is 597 g/mol. The molecule has 0 bridgehead atoms. The Kier molecular flexibility index (Phi) is 8.06. The number of fused-ring (bicyclic) bond motifs is 2. The third-order valence-corrected chi connectivity index (χ3v) is 11.0. The van der Waals surface area contributed by atoms with Crippen molar-refractivity contribution in [2.24, 2.45) is 0 Å². The first-order valence-electron chi connectivity index (χ1n) is 12.2. The molecule has 1 atom stereocenters. The van der Waals surface area contributed by atoms with Crippen LogP contribution >= 0.6 is 22.9 Å². The van der Waals surface area contributed by atoms with Gasteiger partial charge in [-0.1, -0.05) is 23.7 Å². The molecular formula is C24H28ClN5O5S3. The van der Waals surface area contributed by atoms with E-state index in [0.717, 1.165) is 45.9 Å². The second kappa shape index (κ2) is 11.2. The first-order chi connectivity index (χ1) is 18.1. The Morgan fingerprint density at radius 3 is 2.66 bits per heavy atom. The van der Waals surface area contributed by atoms with Crippen LogP contribution in [0.2, 0.25) is 5.02 Å². The predicted octanol–water partition coefficient (Wildman–Crippen LogP) is 1.29. The topological polar surface area (TPSA) is 138 Å². The highest BCUT2D eigenvalue weighted by atomic mass is 35.5. The number of rotatable bonds is 8. The molecule has 0 spiro atoms. The number of carbonyl (C=O) groups is 1. The van der Waals surface area contributed by atoms with Gasteiger partial charge < -0.3 is 10.2 Å². The van der Waals surface area contributed by atoms with Crippen molar-refractivity contribution in [1.29, 1.82) is 0 Å². The second-order valence-corrected chi connectivity index (χ2v) is 15.0. The number of nitrogens with one attached hydrogen (secondary N) is 3. The van der Waals surface area contributed by atoms with Crippen LogP contribution in [0.1, 0.15) is 15.6 Å². The molecule has 3 aromatic rings. The van der Waals surface area contributed by atoms with Crippen LogP contribution in [0, 0.1) is 0 Å². The smallest absolute Gasteiger partial charge is 0.241 e. The minimum absolute atomic E-state index is 0.0719. The van der Waals surface area contributed by atoms with E-state index in [1.807, 2.05) is 0 Å². The normalized spacial score (nSPS) is 18.3. The molecule has 0 saturated carbocycles. The van der Waals surface area contributed by atoms with Crippen LogP contribution in [0.3, 0.4) is 0 Å². The minimum Gasteiger partial charge on any atom is -0.339 e. The molecule has 2 aromatic carbocycles. The highest BCUT2D eigenvalue weighted by Crippen LogP contribution is 2.23.